The first-order valence-corrected chi connectivity index (χ1v) is 6.59. The van der Waals surface area contributed by atoms with Gasteiger partial charge in [-0.2, -0.15) is 0 Å². The van der Waals surface area contributed by atoms with Gasteiger partial charge in [0.1, 0.15) is 5.82 Å². The summed E-state index contributed by atoms with van der Waals surface area (Å²) >= 11 is 0. The van der Waals surface area contributed by atoms with Crippen LogP contribution in [0.1, 0.15) is 0 Å². The first kappa shape index (κ1) is 13.1. The van der Waals surface area contributed by atoms with Crippen LogP contribution in [0.3, 0.4) is 0 Å². The molecule has 0 amide bonds. The summed E-state index contributed by atoms with van der Waals surface area (Å²) in [5, 5.41) is 0. The highest BCUT2D eigenvalue weighted by molar-refractivity contribution is 5.78. The first-order chi connectivity index (χ1) is 10.3. The monoisotopic (exact) mass is 277 g/mol. The average molecular weight is 277 g/mol. The number of pyridine rings is 2. The lowest BCUT2D eigenvalue weighted by atomic mass is 10.0. The Kier molecular flexibility index (Phi) is 3.51. The van der Waals surface area contributed by atoms with E-state index in [4.69, 9.17) is 10.5 Å². The number of nitrogens with two attached hydrogens (primary N) is 1. The lowest BCUT2D eigenvalue weighted by Gasteiger charge is -2.08. The van der Waals surface area contributed by atoms with Crippen LogP contribution in [0.15, 0.2) is 60.9 Å². The van der Waals surface area contributed by atoms with Crippen molar-refractivity contribution in [1.82, 2.24) is 9.97 Å². The van der Waals surface area contributed by atoms with E-state index in [1.807, 2.05) is 48.5 Å². The number of ether oxygens (including phenoxy) is 1. The average Bonchev–Trinajstić information content (AvgIpc) is 2.56. The number of nitrogen functional groups attached to an aromatic ring is 1. The van der Waals surface area contributed by atoms with Gasteiger partial charge in [-0.1, -0.05) is 30.3 Å². The third-order valence-corrected chi connectivity index (χ3v) is 3.28. The van der Waals surface area contributed by atoms with Crippen molar-refractivity contribution in [3.63, 3.8) is 0 Å². The van der Waals surface area contributed by atoms with Crippen LogP contribution in [0.4, 0.5) is 5.82 Å². The van der Waals surface area contributed by atoms with E-state index in [0.29, 0.717) is 11.7 Å². The van der Waals surface area contributed by atoms with Gasteiger partial charge in [-0.3, -0.25) is 0 Å². The Morgan fingerprint density at radius 2 is 1.62 bits per heavy atom. The number of methoxy groups -OCH3 is 1. The molecule has 3 rings (SSSR count). The summed E-state index contributed by atoms with van der Waals surface area (Å²) in [6, 6.07) is 15.8. The van der Waals surface area contributed by atoms with Gasteiger partial charge in [0.15, 0.2) is 0 Å². The zero-order valence-corrected chi connectivity index (χ0v) is 11.7. The van der Waals surface area contributed by atoms with E-state index in [9.17, 15) is 0 Å². The van der Waals surface area contributed by atoms with Gasteiger partial charge in [-0.25, -0.2) is 9.97 Å². The van der Waals surface area contributed by atoms with E-state index in [1.165, 1.54) is 0 Å². The molecular weight excluding hydrogens is 262 g/mol. The zero-order chi connectivity index (χ0) is 14.7. The van der Waals surface area contributed by atoms with Crippen LogP contribution in [0.25, 0.3) is 22.3 Å². The van der Waals surface area contributed by atoms with Gasteiger partial charge in [0.25, 0.3) is 0 Å². The molecule has 0 saturated heterocycles. The molecule has 3 aromatic rings. The summed E-state index contributed by atoms with van der Waals surface area (Å²) in [5.41, 5.74) is 9.91. The Morgan fingerprint density at radius 1 is 0.857 bits per heavy atom. The SMILES string of the molecule is COc1ccc(-c2cc(-c3ccccc3)cnc2N)cn1. The van der Waals surface area contributed by atoms with E-state index >= 15 is 0 Å². The van der Waals surface area contributed by atoms with Gasteiger partial charge in [-0.15, -0.1) is 0 Å². The molecule has 0 radical (unpaired) electrons. The zero-order valence-electron chi connectivity index (χ0n) is 11.7. The van der Waals surface area contributed by atoms with Crippen molar-refractivity contribution >= 4 is 5.82 Å². The van der Waals surface area contributed by atoms with E-state index in [0.717, 1.165) is 22.3 Å². The maximum atomic E-state index is 6.00. The van der Waals surface area contributed by atoms with E-state index in [2.05, 4.69) is 9.97 Å². The lowest BCUT2D eigenvalue weighted by Crippen LogP contribution is -1.96. The maximum Gasteiger partial charge on any atom is 0.212 e. The fourth-order valence-electron chi connectivity index (χ4n) is 2.16. The van der Waals surface area contributed by atoms with Crippen molar-refractivity contribution in [3.05, 3.63) is 60.9 Å². The van der Waals surface area contributed by atoms with Crippen LogP contribution < -0.4 is 10.5 Å². The number of hydrogen-bond acceptors (Lipinski definition) is 4. The Morgan fingerprint density at radius 3 is 2.29 bits per heavy atom. The number of hydrogen-bond donors (Lipinski definition) is 1. The fraction of sp³-hybridized carbons (Fsp3) is 0.0588. The van der Waals surface area contributed by atoms with E-state index in [-0.39, 0.29) is 0 Å². The molecule has 2 heterocycles. The van der Waals surface area contributed by atoms with Crippen LogP contribution in [0.2, 0.25) is 0 Å². The number of rotatable bonds is 3. The molecule has 0 aliphatic carbocycles. The van der Waals surface area contributed by atoms with Crippen LogP contribution in [-0.4, -0.2) is 17.1 Å². The molecule has 4 nitrogen and oxygen atoms in total. The molecule has 0 saturated carbocycles. The second-order valence-electron chi connectivity index (χ2n) is 4.61. The lowest BCUT2D eigenvalue weighted by molar-refractivity contribution is 0.398. The van der Waals surface area contributed by atoms with Gasteiger partial charge in [0, 0.05) is 35.2 Å². The number of aromatic nitrogens is 2. The molecule has 104 valence electrons. The second kappa shape index (κ2) is 5.63. The van der Waals surface area contributed by atoms with Crippen molar-refractivity contribution in [2.75, 3.05) is 12.8 Å². The van der Waals surface area contributed by atoms with Crippen molar-refractivity contribution in [3.8, 4) is 28.1 Å². The molecule has 0 spiro atoms. The normalized spacial score (nSPS) is 10.3. The molecule has 0 fully saturated rings. The summed E-state index contributed by atoms with van der Waals surface area (Å²) in [7, 11) is 1.59. The molecular formula is C17H15N3O. The van der Waals surface area contributed by atoms with Crippen LogP contribution in [-0.2, 0) is 0 Å². The number of benzene rings is 1. The van der Waals surface area contributed by atoms with Gasteiger partial charge in [0.2, 0.25) is 5.88 Å². The Hall–Kier alpha value is -2.88. The van der Waals surface area contributed by atoms with Crippen molar-refractivity contribution in [2.45, 2.75) is 0 Å². The van der Waals surface area contributed by atoms with Gasteiger partial charge in [-0.05, 0) is 17.7 Å². The van der Waals surface area contributed by atoms with Crippen molar-refractivity contribution < 1.29 is 4.74 Å². The predicted octanol–water partition coefficient (Wildman–Crippen LogP) is 3.40. The van der Waals surface area contributed by atoms with Crippen molar-refractivity contribution in [1.29, 1.82) is 0 Å². The molecule has 4 heteroatoms. The Labute approximate surface area is 123 Å². The molecule has 0 aliphatic rings. The molecule has 1 aromatic carbocycles. The van der Waals surface area contributed by atoms with Crippen LogP contribution >= 0.6 is 0 Å². The van der Waals surface area contributed by atoms with Crippen LogP contribution in [0.5, 0.6) is 5.88 Å². The summed E-state index contributed by atoms with van der Waals surface area (Å²) in [4.78, 5) is 8.50. The molecule has 0 atom stereocenters. The summed E-state index contributed by atoms with van der Waals surface area (Å²) in [6.07, 6.45) is 3.52. The molecule has 2 N–H and O–H groups in total. The Bertz CT molecular complexity index is 740. The van der Waals surface area contributed by atoms with Crippen LogP contribution in [0, 0.1) is 0 Å². The fourth-order valence-corrected chi connectivity index (χ4v) is 2.16. The second-order valence-corrected chi connectivity index (χ2v) is 4.61. The summed E-state index contributed by atoms with van der Waals surface area (Å²) < 4.78 is 5.07. The molecule has 2 aromatic heterocycles. The highest BCUT2D eigenvalue weighted by Gasteiger charge is 2.07. The number of anilines is 1. The summed E-state index contributed by atoms with van der Waals surface area (Å²) in [6.45, 7) is 0. The highest BCUT2D eigenvalue weighted by atomic mass is 16.5. The largest absolute Gasteiger partial charge is 0.481 e. The smallest absolute Gasteiger partial charge is 0.212 e. The van der Waals surface area contributed by atoms with Gasteiger partial charge < -0.3 is 10.5 Å². The first-order valence-electron chi connectivity index (χ1n) is 6.59. The van der Waals surface area contributed by atoms with E-state index in [1.54, 1.807) is 19.5 Å². The third-order valence-electron chi connectivity index (χ3n) is 3.28. The van der Waals surface area contributed by atoms with Crippen molar-refractivity contribution in [2.24, 2.45) is 0 Å². The molecule has 0 aliphatic heterocycles. The highest BCUT2D eigenvalue weighted by Crippen LogP contribution is 2.29. The third kappa shape index (κ3) is 2.69. The number of nitrogens with zero attached hydrogens (tertiary/aromatic N) is 2. The molecule has 0 bridgehead atoms. The molecule has 21 heavy (non-hydrogen) atoms. The Balaban J connectivity index is 2.05. The standard InChI is InChI=1S/C17H15N3O/c1-21-16-8-7-13(10-19-16)15-9-14(11-20-17(15)18)12-5-3-2-4-6-12/h2-11H,1H3,(H2,18,20). The quantitative estimate of drug-likeness (QED) is 0.797. The maximum absolute atomic E-state index is 6.00. The minimum absolute atomic E-state index is 0.488. The topological polar surface area (TPSA) is 61.0 Å². The predicted molar refractivity (Wildman–Crippen MR) is 83.9 cm³/mol. The molecule has 0 unspecified atom stereocenters. The van der Waals surface area contributed by atoms with Gasteiger partial charge in [0.05, 0.1) is 7.11 Å². The summed E-state index contributed by atoms with van der Waals surface area (Å²) in [5.74, 6) is 1.06. The van der Waals surface area contributed by atoms with Gasteiger partial charge >= 0.3 is 0 Å². The van der Waals surface area contributed by atoms with E-state index < -0.39 is 0 Å². The minimum atomic E-state index is 0.488. The minimum Gasteiger partial charge on any atom is -0.481 e.